The number of esters is 2. The summed E-state index contributed by atoms with van der Waals surface area (Å²) >= 11 is 0. The van der Waals surface area contributed by atoms with E-state index in [4.69, 9.17) is 9.47 Å². The Labute approximate surface area is 146 Å². The van der Waals surface area contributed by atoms with E-state index < -0.39 is 23.0 Å². The van der Waals surface area contributed by atoms with Crippen LogP contribution in [0.4, 0.5) is 0 Å². The smallest absolute Gasteiger partial charge is 0.314 e. The fourth-order valence-corrected chi connectivity index (χ4v) is 3.94. The lowest BCUT2D eigenvalue weighted by molar-refractivity contribution is -0.181. The number of carbonyl (C=O) groups excluding carboxylic acids is 2. The summed E-state index contributed by atoms with van der Waals surface area (Å²) in [6.07, 6.45) is 0.695. The molecule has 0 saturated carbocycles. The minimum Gasteiger partial charge on any atom is -0.469 e. The monoisotopic (exact) mass is 342 g/mol. The third-order valence-corrected chi connectivity index (χ3v) is 5.54. The van der Waals surface area contributed by atoms with Gasteiger partial charge in [0.25, 0.3) is 0 Å². The van der Waals surface area contributed by atoms with E-state index >= 15 is 0 Å². The van der Waals surface area contributed by atoms with Crippen LogP contribution in [0.25, 0.3) is 10.8 Å². The van der Waals surface area contributed by atoms with Crippen molar-refractivity contribution in [1.29, 1.82) is 0 Å². The first-order valence-corrected chi connectivity index (χ1v) is 8.26. The van der Waals surface area contributed by atoms with E-state index in [0.29, 0.717) is 18.4 Å². The summed E-state index contributed by atoms with van der Waals surface area (Å²) in [5, 5.41) is 13.7. The number of carbonyl (C=O) groups is 2. The highest BCUT2D eigenvalue weighted by molar-refractivity contribution is 5.89. The van der Waals surface area contributed by atoms with Gasteiger partial charge in [-0.05, 0) is 41.7 Å². The molecule has 25 heavy (non-hydrogen) atoms. The van der Waals surface area contributed by atoms with Gasteiger partial charge in [0.15, 0.2) is 0 Å². The molecule has 0 aliphatic heterocycles. The number of rotatable bonds is 3. The van der Waals surface area contributed by atoms with Crippen LogP contribution in [0.5, 0.6) is 0 Å². The molecular weight excluding hydrogens is 320 g/mol. The number of methoxy groups -OCH3 is 2. The highest BCUT2D eigenvalue weighted by Gasteiger charge is 2.58. The second-order valence-electron chi connectivity index (χ2n) is 6.75. The predicted molar refractivity (Wildman–Crippen MR) is 92.9 cm³/mol. The fourth-order valence-electron chi connectivity index (χ4n) is 3.94. The summed E-state index contributed by atoms with van der Waals surface area (Å²) in [4.78, 5) is 24.5. The van der Waals surface area contributed by atoms with E-state index in [9.17, 15) is 14.7 Å². The molecule has 0 saturated heterocycles. The molecule has 2 aromatic rings. The number of hydrogen-bond acceptors (Lipinski definition) is 5. The first kappa shape index (κ1) is 17.4. The Hall–Kier alpha value is -2.40. The summed E-state index contributed by atoms with van der Waals surface area (Å²) in [6.45, 7) is 1.65. The van der Waals surface area contributed by atoms with Crippen LogP contribution in [0.2, 0.25) is 0 Å². The number of aryl methyl sites for hydroxylation is 1. The van der Waals surface area contributed by atoms with Crippen LogP contribution >= 0.6 is 0 Å². The van der Waals surface area contributed by atoms with Crippen molar-refractivity contribution in [2.75, 3.05) is 14.2 Å². The van der Waals surface area contributed by atoms with E-state index in [0.717, 1.165) is 16.3 Å². The van der Waals surface area contributed by atoms with Crippen LogP contribution in [-0.4, -0.2) is 31.3 Å². The van der Waals surface area contributed by atoms with Gasteiger partial charge in [0.2, 0.25) is 0 Å². The van der Waals surface area contributed by atoms with Crippen molar-refractivity contribution in [2.45, 2.75) is 31.8 Å². The molecule has 1 aliphatic carbocycles. The maximum atomic E-state index is 12.5. The fraction of sp³-hybridized carbons (Fsp3) is 0.400. The standard InChI is InChI=1S/C20H22O5/c1-19(18(22)25-3)11-10-15-14-7-5-4-6-13(14)8-9-16(15)20(19,23)12-17(21)24-2/h4-9,23H,10-12H2,1-3H3/t19-,20-/m1/s1. The molecule has 0 radical (unpaired) electrons. The maximum Gasteiger partial charge on any atom is 0.314 e. The highest BCUT2D eigenvalue weighted by atomic mass is 16.5. The van der Waals surface area contributed by atoms with Crippen LogP contribution in [0, 0.1) is 5.41 Å². The van der Waals surface area contributed by atoms with Gasteiger partial charge in [0, 0.05) is 0 Å². The third kappa shape index (κ3) is 2.50. The second-order valence-corrected chi connectivity index (χ2v) is 6.75. The lowest BCUT2D eigenvalue weighted by Crippen LogP contribution is -2.53. The van der Waals surface area contributed by atoms with Crippen LogP contribution < -0.4 is 0 Å². The zero-order valence-corrected chi connectivity index (χ0v) is 14.7. The van der Waals surface area contributed by atoms with Gasteiger partial charge in [-0.15, -0.1) is 0 Å². The molecule has 0 unspecified atom stereocenters. The minimum atomic E-state index is -1.69. The Bertz CT molecular complexity index is 843. The molecule has 3 rings (SSSR count). The normalized spacial score (nSPS) is 25.3. The van der Waals surface area contributed by atoms with Crippen molar-refractivity contribution in [1.82, 2.24) is 0 Å². The number of aliphatic hydroxyl groups is 1. The Kier molecular flexibility index (Phi) is 4.29. The molecule has 1 aliphatic rings. The van der Waals surface area contributed by atoms with Gasteiger partial charge in [-0.3, -0.25) is 9.59 Å². The summed E-state index contributed by atoms with van der Waals surface area (Å²) in [7, 11) is 2.56. The Balaban J connectivity index is 2.26. The lowest BCUT2D eigenvalue weighted by Gasteiger charge is -2.47. The summed E-state index contributed by atoms with van der Waals surface area (Å²) in [6, 6.07) is 11.6. The van der Waals surface area contributed by atoms with Crippen molar-refractivity contribution >= 4 is 22.7 Å². The first-order chi connectivity index (χ1) is 11.9. The van der Waals surface area contributed by atoms with Gasteiger partial charge in [0.05, 0.1) is 26.1 Å². The van der Waals surface area contributed by atoms with Crippen molar-refractivity contribution in [3.63, 3.8) is 0 Å². The number of hydrogen-bond donors (Lipinski definition) is 1. The average molecular weight is 342 g/mol. The molecule has 132 valence electrons. The molecule has 0 amide bonds. The van der Waals surface area contributed by atoms with Crippen molar-refractivity contribution in [3.8, 4) is 0 Å². The molecule has 0 fully saturated rings. The predicted octanol–water partition coefficient (Wildman–Crippen LogP) is 2.72. The molecule has 0 aromatic heterocycles. The molecule has 0 heterocycles. The summed E-state index contributed by atoms with van der Waals surface area (Å²) in [5.41, 5.74) is -1.36. The van der Waals surface area contributed by atoms with Crippen LogP contribution in [0.3, 0.4) is 0 Å². The number of fused-ring (bicyclic) bond motifs is 3. The highest BCUT2D eigenvalue weighted by Crippen LogP contribution is 2.52. The van der Waals surface area contributed by atoms with Gasteiger partial charge in [-0.25, -0.2) is 0 Å². The maximum absolute atomic E-state index is 12.5. The van der Waals surface area contributed by atoms with Crippen LogP contribution in [-0.2, 0) is 31.1 Å². The van der Waals surface area contributed by atoms with Gasteiger partial charge in [-0.2, -0.15) is 0 Å². The van der Waals surface area contributed by atoms with Gasteiger partial charge in [-0.1, -0.05) is 36.4 Å². The Morgan fingerprint density at radius 2 is 1.84 bits per heavy atom. The Morgan fingerprint density at radius 1 is 1.12 bits per heavy atom. The average Bonchev–Trinajstić information content (AvgIpc) is 2.63. The molecule has 2 aromatic carbocycles. The van der Waals surface area contributed by atoms with Gasteiger partial charge >= 0.3 is 11.9 Å². The van der Waals surface area contributed by atoms with Crippen LogP contribution in [0.1, 0.15) is 30.9 Å². The summed E-state index contributed by atoms with van der Waals surface area (Å²) in [5.74, 6) is -1.10. The number of benzene rings is 2. The van der Waals surface area contributed by atoms with Crippen molar-refractivity contribution in [3.05, 3.63) is 47.5 Å². The minimum absolute atomic E-state index is 0.305. The van der Waals surface area contributed by atoms with Crippen molar-refractivity contribution in [2.24, 2.45) is 5.41 Å². The van der Waals surface area contributed by atoms with Gasteiger partial charge < -0.3 is 14.6 Å². The zero-order chi connectivity index (χ0) is 18.2. The van der Waals surface area contributed by atoms with E-state index in [1.54, 1.807) is 13.0 Å². The number of ether oxygens (including phenoxy) is 2. The third-order valence-electron chi connectivity index (χ3n) is 5.54. The molecular formula is C20H22O5. The Morgan fingerprint density at radius 3 is 2.52 bits per heavy atom. The molecule has 0 spiro atoms. The summed E-state index contributed by atoms with van der Waals surface area (Å²) < 4.78 is 9.73. The first-order valence-electron chi connectivity index (χ1n) is 8.26. The molecule has 1 N–H and O–H groups in total. The quantitative estimate of drug-likeness (QED) is 0.868. The van der Waals surface area contributed by atoms with Crippen LogP contribution in [0.15, 0.2) is 36.4 Å². The van der Waals surface area contributed by atoms with E-state index in [-0.39, 0.29) is 6.42 Å². The zero-order valence-electron chi connectivity index (χ0n) is 14.7. The van der Waals surface area contributed by atoms with Crippen molar-refractivity contribution < 1.29 is 24.2 Å². The molecule has 5 heteroatoms. The SMILES string of the molecule is COC(=O)C[C@@]1(O)c2ccc3ccccc3c2CC[C@]1(C)C(=O)OC. The molecule has 0 bridgehead atoms. The van der Waals surface area contributed by atoms with E-state index in [1.165, 1.54) is 14.2 Å². The van der Waals surface area contributed by atoms with Gasteiger partial charge in [0.1, 0.15) is 5.60 Å². The lowest BCUT2D eigenvalue weighted by atomic mass is 9.60. The molecule has 5 nitrogen and oxygen atoms in total. The topological polar surface area (TPSA) is 72.8 Å². The van der Waals surface area contributed by atoms with E-state index in [1.807, 2.05) is 30.3 Å². The van der Waals surface area contributed by atoms with E-state index in [2.05, 4.69) is 0 Å². The second kappa shape index (κ2) is 6.15. The largest absolute Gasteiger partial charge is 0.469 e. The molecule has 2 atom stereocenters.